The van der Waals surface area contributed by atoms with E-state index in [-0.39, 0.29) is 59.1 Å². The molecule has 3 aliphatic carbocycles. The highest BCUT2D eigenvalue weighted by molar-refractivity contribution is 8.13. The molecule has 0 unspecified atom stereocenters. The molecule has 4 N–H and O–H groups in total. The number of hydrogen-bond donors (Lipinski definition) is 3. The van der Waals surface area contributed by atoms with Gasteiger partial charge in [0, 0.05) is 38.0 Å². The number of nitrogens with two attached hydrogens (primary N) is 1. The maximum Gasteiger partial charge on any atom is 0.481 e. The Kier molecular flexibility index (Phi) is 13.1. The van der Waals surface area contributed by atoms with Crippen LogP contribution < -0.4 is 16.5 Å². The van der Waals surface area contributed by atoms with Crippen LogP contribution >= 0.6 is 11.8 Å². The lowest BCUT2D eigenvalue weighted by molar-refractivity contribution is -0.525. The zero-order chi connectivity index (χ0) is 32.7. The van der Waals surface area contributed by atoms with E-state index in [9.17, 15) is 24.5 Å². The van der Waals surface area contributed by atoms with Crippen molar-refractivity contribution in [3.63, 3.8) is 0 Å². The van der Waals surface area contributed by atoms with Gasteiger partial charge in [0.2, 0.25) is 5.91 Å². The van der Waals surface area contributed by atoms with Crippen molar-refractivity contribution >= 4 is 41.6 Å². The minimum absolute atomic E-state index is 0.00171. The number of rotatable bonds is 18. The smallest absolute Gasteiger partial charge is 0.404 e. The molecule has 4 rings (SSSR count). The number of hydrogen-bond acceptors (Lipinski definition) is 9. The third kappa shape index (κ3) is 9.66. The number of carbonyl (C=O) groups excluding carboxylic acids is 3. The first-order valence-corrected chi connectivity index (χ1v) is 17.1. The topological polar surface area (TPSA) is 175 Å². The van der Waals surface area contributed by atoms with Gasteiger partial charge in [-0.25, -0.2) is 15.1 Å². The van der Waals surface area contributed by atoms with E-state index in [0.717, 1.165) is 31.4 Å². The molecule has 0 spiro atoms. The molecule has 4 aliphatic rings. The number of carbonyl (C=O) groups is 3. The number of unbranched alkanes of at least 4 members (excludes halogenated alkanes) is 2. The van der Waals surface area contributed by atoms with Gasteiger partial charge in [-0.1, -0.05) is 51.3 Å². The second kappa shape index (κ2) is 15.9. The summed E-state index contributed by atoms with van der Waals surface area (Å²) >= 11 is 1.29. The molecule has 3 saturated carbocycles. The molecular weight excluding hydrogens is 585 g/mol. The van der Waals surface area contributed by atoms with Crippen LogP contribution in [0.5, 0.6) is 0 Å². The summed E-state index contributed by atoms with van der Waals surface area (Å²) in [6.07, 6.45) is 6.44. The van der Waals surface area contributed by atoms with E-state index >= 15 is 0 Å². The van der Waals surface area contributed by atoms with Crippen LogP contribution in [-0.4, -0.2) is 64.9 Å². The van der Waals surface area contributed by atoms with Crippen molar-refractivity contribution in [2.75, 3.05) is 12.3 Å². The van der Waals surface area contributed by atoms with Gasteiger partial charge < -0.3 is 20.4 Å². The first kappa shape index (κ1) is 36.3. The van der Waals surface area contributed by atoms with Crippen LogP contribution in [0.1, 0.15) is 106 Å². The molecule has 1 saturated heterocycles. The van der Waals surface area contributed by atoms with E-state index in [1.807, 2.05) is 5.43 Å². The maximum atomic E-state index is 13.8. The normalized spacial score (nSPS) is 26.8. The van der Waals surface area contributed by atoms with E-state index in [1.165, 1.54) is 11.8 Å². The first-order valence-electron chi connectivity index (χ1n) is 16.1. The fourth-order valence-corrected chi connectivity index (χ4v) is 7.94. The van der Waals surface area contributed by atoms with Crippen molar-refractivity contribution in [1.82, 2.24) is 10.7 Å². The fraction of sp³-hybridized carbons (Fsp3) is 0.867. The van der Waals surface area contributed by atoms with Gasteiger partial charge >= 0.3 is 7.12 Å². The van der Waals surface area contributed by atoms with Crippen molar-refractivity contribution < 1.29 is 28.7 Å². The number of guanidine groups is 1. The third-order valence-corrected chi connectivity index (χ3v) is 10.7. The second-order valence-corrected chi connectivity index (χ2v) is 15.2. The zero-order valence-electron chi connectivity index (χ0n) is 27.3. The Bertz CT molecular complexity index is 1080. The van der Waals surface area contributed by atoms with E-state index in [0.29, 0.717) is 43.9 Å². The van der Waals surface area contributed by atoms with E-state index in [2.05, 4.69) is 44.9 Å². The van der Waals surface area contributed by atoms with Crippen LogP contribution in [0.25, 0.3) is 0 Å². The van der Waals surface area contributed by atoms with Crippen molar-refractivity contribution in [3.05, 3.63) is 10.1 Å². The Morgan fingerprint density at radius 1 is 1.16 bits per heavy atom. The van der Waals surface area contributed by atoms with Gasteiger partial charge in [0.1, 0.15) is 5.78 Å². The van der Waals surface area contributed by atoms with Crippen molar-refractivity contribution in [2.24, 2.45) is 39.8 Å². The number of nitrogens with one attached hydrogen (secondary N) is 2. The molecule has 12 nitrogen and oxygen atoms in total. The third-order valence-electron chi connectivity index (χ3n) is 9.80. The highest BCUT2D eigenvalue weighted by atomic mass is 32.2. The average molecular weight is 638 g/mol. The van der Waals surface area contributed by atoms with Gasteiger partial charge in [-0.2, -0.15) is 0 Å². The molecular formula is C30H52BN5O7S. The number of Topliss-reactive ketones (excluding diaryl/α,β-unsaturated/α-hetero) is 1. The minimum Gasteiger partial charge on any atom is -0.404 e. The molecule has 1 amide bonds. The summed E-state index contributed by atoms with van der Waals surface area (Å²) < 4.78 is 13.2. The zero-order valence-corrected chi connectivity index (χ0v) is 28.1. The van der Waals surface area contributed by atoms with Crippen LogP contribution in [0.3, 0.4) is 0 Å². The molecule has 4 fully saturated rings. The predicted octanol–water partition coefficient (Wildman–Crippen LogP) is 4.08. The van der Waals surface area contributed by atoms with Gasteiger partial charge in [-0.05, 0) is 75.0 Å². The number of ketones is 1. The highest BCUT2D eigenvalue weighted by Gasteiger charge is 2.68. The summed E-state index contributed by atoms with van der Waals surface area (Å²) in [5.41, 5.74) is 7.15. The molecule has 2 bridgehead atoms. The Morgan fingerprint density at radius 3 is 2.52 bits per heavy atom. The predicted molar refractivity (Wildman–Crippen MR) is 172 cm³/mol. The lowest BCUT2D eigenvalue weighted by Gasteiger charge is -2.64. The van der Waals surface area contributed by atoms with Gasteiger partial charge in [0.15, 0.2) is 10.1 Å². The van der Waals surface area contributed by atoms with Crippen LogP contribution in [0.4, 0.5) is 0 Å². The number of nitro groups is 1. The standard InChI is InChI=1S/C30H52BN5O7S/c1-19(2)15-26(31-42-25-18-22-17-24(29(22,4)5)30(25,6)43-31)34-27(39)21(11-10-13-33-28(32)35-36(40)41)16-23(38)12-8-7-9-14-44-20(3)37/h19,21-22,24-26H,7-18H2,1-6H3,(H,34,39)(H3,32,33,35)/t21-,22-,24-,25-,26+,30+/m1/s1. The first-order chi connectivity index (χ1) is 20.6. The molecule has 6 atom stereocenters. The van der Waals surface area contributed by atoms with Crippen LogP contribution in [0, 0.1) is 39.2 Å². The molecule has 0 aromatic carbocycles. The van der Waals surface area contributed by atoms with E-state index in [1.54, 1.807) is 6.92 Å². The Morgan fingerprint density at radius 2 is 1.89 bits per heavy atom. The number of nitrogens with zero attached hydrogens (tertiary/aromatic N) is 2. The molecule has 1 heterocycles. The monoisotopic (exact) mass is 637 g/mol. The number of hydrazine groups is 1. The summed E-state index contributed by atoms with van der Waals surface area (Å²) in [5, 5.41) is 13.1. The SMILES string of the molecule is CC(=O)SCCCCCC(=O)C[C@@H](CCCN=C(N)N[N+](=O)[O-])C(=O)N[C@@H](CC(C)C)B1O[C@@H]2C[C@H]3C[C@H](C3(C)C)[C@]2(C)O1. The maximum absolute atomic E-state index is 13.8. The summed E-state index contributed by atoms with van der Waals surface area (Å²) in [6, 6.07) is 0. The highest BCUT2D eigenvalue weighted by Crippen LogP contribution is 2.65. The Balaban J connectivity index is 1.64. The summed E-state index contributed by atoms with van der Waals surface area (Å²) in [4.78, 5) is 52.4. The van der Waals surface area contributed by atoms with Crippen LogP contribution in [0.2, 0.25) is 0 Å². The number of thioether (sulfide) groups is 1. The van der Waals surface area contributed by atoms with Crippen LogP contribution in [-0.2, 0) is 23.7 Å². The van der Waals surface area contributed by atoms with Crippen molar-refractivity contribution in [1.29, 1.82) is 0 Å². The number of amides is 1. The minimum atomic E-state index is -0.782. The van der Waals surface area contributed by atoms with E-state index < -0.39 is 23.7 Å². The molecule has 1 aliphatic heterocycles. The Labute approximate surface area is 266 Å². The van der Waals surface area contributed by atoms with Gasteiger partial charge in [0.25, 0.3) is 5.96 Å². The molecule has 44 heavy (non-hydrogen) atoms. The van der Waals surface area contributed by atoms with Gasteiger partial charge in [-0.3, -0.25) is 14.4 Å². The van der Waals surface area contributed by atoms with Crippen molar-refractivity contribution in [3.8, 4) is 0 Å². The second-order valence-electron chi connectivity index (χ2n) is 14.0. The van der Waals surface area contributed by atoms with Crippen molar-refractivity contribution in [2.45, 2.75) is 123 Å². The summed E-state index contributed by atoms with van der Waals surface area (Å²) in [7, 11) is -0.562. The largest absolute Gasteiger partial charge is 0.481 e. The lowest BCUT2D eigenvalue weighted by Crippen LogP contribution is -2.65. The fourth-order valence-electron chi connectivity index (χ4n) is 7.30. The van der Waals surface area contributed by atoms with E-state index in [4.69, 9.17) is 15.0 Å². The molecule has 14 heteroatoms. The molecule has 0 aromatic heterocycles. The lowest BCUT2D eigenvalue weighted by atomic mass is 9.43. The summed E-state index contributed by atoms with van der Waals surface area (Å²) in [6.45, 7) is 12.7. The molecule has 0 radical (unpaired) electrons. The quantitative estimate of drug-likeness (QED) is 0.0496. The average Bonchev–Trinajstić information content (AvgIpc) is 3.28. The summed E-state index contributed by atoms with van der Waals surface area (Å²) in [5.74, 6) is 0.575. The van der Waals surface area contributed by atoms with Crippen LogP contribution in [0.15, 0.2) is 4.99 Å². The molecule has 0 aromatic rings. The molecule has 248 valence electrons. The van der Waals surface area contributed by atoms with Gasteiger partial charge in [0.05, 0.1) is 17.6 Å². The van der Waals surface area contributed by atoms with Gasteiger partial charge in [-0.15, -0.1) is 0 Å². The number of aliphatic imine (C=N–C) groups is 1. The Hall–Kier alpha value is -2.19.